The number of ether oxygens (including phenoxy) is 1. The average molecular weight is 365 g/mol. The first-order valence-electron chi connectivity index (χ1n) is 9.71. The average Bonchev–Trinajstić information content (AvgIpc) is 2.64. The van der Waals surface area contributed by atoms with Crippen LogP contribution in [0.3, 0.4) is 0 Å². The van der Waals surface area contributed by atoms with E-state index in [0.29, 0.717) is 5.56 Å². The highest BCUT2D eigenvalue weighted by Crippen LogP contribution is 2.16. The van der Waals surface area contributed by atoms with Crippen LogP contribution < -0.4 is 10.6 Å². The lowest BCUT2D eigenvalue weighted by Gasteiger charge is -2.26. The summed E-state index contributed by atoms with van der Waals surface area (Å²) in [5.41, 5.74) is 1.59. The lowest BCUT2D eigenvalue weighted by atomic mass is 10.1. The van der Waals surface area contributed by atoms with Crippen LogP contribution in [0, 0.1) is 12.7 Å². The van der Waals surface area contributed by atoms with Gasteiger partial charge in [0.25, 0.3) is 0 Å². The number of guanidine groups is 1. The molecule has 26 heavy (non-hydrogen) atoms. The van der Waals surface area contributed by atoms with Gasteiger partial charge in [-0.25, -0.2) is 4.39 Å². The Morgan fingerprint density at radius 3 is 2.77 bits per heavy atom. The Kier molecular flexibility index (Phi) is 8.85. The first-order valence-corrected chi connectivity index (χ1v) is 9.71. The van der Waals surface area contributed by atoms with Gasteiger partial charge in [0.1, 0.15) is 5.82 Å². The van der Waals surface area contributed by atoms with Gasteiger partial charge in [0, 0.05) is 26.2 Å². The van der Waals surface area contributed by atoms with Crippen LogP contribution in [-0.2, 0) is 4.74 Å². The van der Waals surface area contributed by atoms with Crippen LogP contribution in [0.5, 0.6) is 0 Å². The molecule has 1 fully saturated rings. The number of morpholine rings is 1. The summed E-state index contributed by atoms with van der Waals surface area (Å²) in [6.45, 7) is 12.3. The summed E-state index contributed by atoms with van der Waals surface area (Å²) in [6, 6.07) is 5.37. The molecule has 1 saturated heterocycles. The molecular formula is C20H33FN4O. The predicted molar refractivity (Wildman–Crippen MR) is 105 cm³/mol. The first-order chi connectivity index (χ1) is 12.6. The minimum Gasteiger partial charge on any atom is -0.379 e. The molecule has 1 heterocycles. The summed E-state index contributed by atoms with van der Waals surface area (Å²) in [4.78, 5) is 7.11. The zero-order valence-electron chi connectivity index (χ0n) is 16.4. The summed E-state index contributed by atoms with van der Waals surface area (Å²) in [6.07, 6.45) is 2.20. The minimum absolute atomic E-state index is 0.00347. The molecule has 1 aromatic rings. The van der Waals surface area contributed by atoms with Crippen LogP contribution in [0.1, 0.15) is 43.9 Å². The number of nitrogens with one attached hydrogen (secondary N) is 2. The van der Waals surface area contributed by atoms with Crippen molar-refractivity contribution >= 4 is 5.96 Å². The molecule has 2 rings (SSSR count). The number of hydrogen-bond donors (Lipinski definition) is 2. The summed E-state index contributed by atoms with van der Waals surface area (Å²) >= 11 is 0. The lowest BCUT2D eigenvalue weighted by Crippen LogP contribution is -2.39. The van der Waals surface area contributed by atoms with Crippen molar-refractivity contribution in [3.63, 3.8) is 0 Å². The Morgan fingerprint density at radius 1 is 1.31 bits per heavy atom. The van der Waals surface area contributed by atoms with E-state index in [9.17, 15) is 4.39 Å². The van der Waals surface area contributed by atoms with Crippen LogP contribution in [0.4, 0.5) is 4.39 Å². The number of benzene rings is 1. The maximum absolute atomic E-state index is 13.8. The molecule has 6 heteroatoms. The van der Waals surface area contributed by atoms with Crippen LogP contribution in [0.25, 0.3) is 0 Å². The lowest BCUT2D eigenvalue weighted by molar-refractivity contribution is 0.0373. The summed E-state index contributed by atoms with van der Waals surface area (Å²) in [5.74, 6) is 0.619. The number of aryl methyl sites for hydroxylation is 1. The van der Waals surface area contributed by atoms with Gasteiger partial charge < -0.3 is 15.4 Å². The van der Waals surface area contributed by atoms with E-state index >= 15 is 0 Å². The third-order valence-corrected chi connectivity index (χ3v) is 4.65. The van der Waals surface area contributed by atoms with Crippen molar-refractivity contribution < 1.29 is 9.13 Å². The zero-order valence-corrected chi connectivity index (χ0v) is 16.4. The Hall–Kier alpha value is -1.66. The van der Waals surface area contributed by atoms with Crippen molar-refractivity contribution in [2.24, 2.45) is 4.99 Å². The van der Waals surface area contributed by atoms with Crippen molar-refractivity contribution in [2.75, 3.05) is 45.9 Å². The normalized spacial score (nSPS) is 17.2. The fraction of sp³-hybridized carbons (Fsp3) is 0.650. The standard InChI is InChI=1S/C20H33FN4O/c1-4-22-20(23-9-5-6-10-25-11-13-26-14-12-25)24-17(3)18-8-7-16(2)19(21)15-18/h7-8,15,17H,4-6,9-14H2,1-3H3,(H2,22,23,24). The SMILES string of the molecule is CCNC(=NCCCCN1CCOCC1)NC(C)c1ccc(C)c(F)c1. The van der Waals surface area contributed by atoms with Gasteiger partial charge in [0.05, 0.1) is 19.3 Å². The fourth-order valence-electron chi connectivity index (χ4n) is 2.95. The van der Waals surface area contributed by atoms with E-state index < -0.39 is 0 Å². The third kappa shape index (κ3) is 6.92. The maximum Gasteiger partial charge on any atom is 0.191 e. The van der Waals surface area contributed by atoms with Crippen LogP contribution >= 0.6 is 0 Å². The predicted octanol–water partition coefficient (Wildman–Crippen LogP) is 2.86. The van der Waals surface area contributed by atoms with Crippen molar-refractivity contribution in [1.29, 1.82) is 0 Å². The van der Waals surface area contributed by atoms with Crippen molar-refractivity contribution in [2.45, 2.75) is 39.7 Å². The number of rotatable bonds is 8. The molecule has 0 radical (unpaired) electrons. The number of nitrogens with zero attached hydrogens (tertiary/aromatic N) is 2. The van der Waals surface area contributed by atoms with E-state index in [1.165, 1.54) is 0 Å². The Balaban J connectivity index is 1.78. The monoisotopic (exact) mass is 364 g/mol. The van der Waals surface area contributed by atoms with E-state index in [0.717, 1.165) is 70.3 Å². The zero-order chi connectivity index (χ0) is 18.8. The molecule has 1 unspecified atom stereocenters. The molecular weight excluding hydrogens is 331 g/mol. The fourth-order valence-corrected chi connectivity index (χ4v) is 2.95. The summed E-state index contributed by atoms with van der Waals surface area (Å²) < 4.78 is 19.1. The highest BCUT2D eigenvalue weighted by molar-refractivity contribution is 5.80. The smallest absolute Gasteiger partial charge is 0.191 e. The van der Waals surface area contributed by atoms with Crippen molar-refractivity contribution in [3.05, 3.63) is 35.1 Å². The summed E-state index contributed by atoms with van der Waals surface area (Å²) in [7, 11) is 0. The molecule has 1 aliphatic rings. The van der Waals surface area contributed by atoms with Gasteiger partial charge in [-0.2, -0.15) is 0 Å². The number of aliphatic imine (C=N–C) groups is 1. The van der Waals surface area contributed by atoms with E-state index in [1.54, 1.807) is 13.0 Å². The first kappa shape index (κ1) is 20.6. The largest absolute Gasteiger partial charge is 0.379 e. The molecule has 0 amide bonds. The molecule has 1 aliphatic heterocycles. The van der Waals surface area contributed by atoms with Gasteiger partial charge in [-0.05, 0) is 57.4 Å². The third-order valence-electron chi connectivity index (χ3n) is 4.65. The number of halogens is 1. The van der Waals surface area contributed by atoms with Crippen LogP contribution in [0.2, 0.25) is 0 Å². The second-order valence-corrected chi connectivity index (χ2v) is 6.80. The van der Waals surface area contributed by atoms with Crippen molar-refractivity contribution in [3.8, 4) is 0 Å². The molecule has 5 nitrogen and oxygen atoms in total. The molecule has 0 aliphatic carbocycles. The van der Waals surface area contributed by atoms with Gasteiger partial charge in [-0.1, -0.05) is 12.1 Å². The van der Waals surface area contributed by atoms with Gasteiger partial charge in [0.2, 0.25) is 0 Å². The number of hydrogen-bond acceptors (Lipinski definition) is 3. The van der Waals surface area contributed by atoms with Gasteiger partial charge in [0.15, 0.2) is 5.96 Å². The molecule has 0 saturated carbocycles. The summed E-state index contributed by atoms with van der Waals surface area (Å²) in [5, 5.41) is 6.63. The van der Waals surface area contributed by atoms with E-state index in [-0.39, 0.29) is 11.9 Å². The molecule has 1 aromatic carbocycles. The molecule has 0 bridgehead atoms. The topological polar surface area (TPSA) is 48.9 Å². The Morgan fingerprint density at radius 2 is 2.08 bits per heavy atom. The highest BCUT2D eigenvalue weighted by Gasteiger charge is 2.11. The van der Waals surface area contributed by atoms with Crippen molar-refractivity contribution in [1.82, 2.24) is 15.5 Å². The molecule has 1 atom stereocenters. The van der Waals surface area contributed by atoms with Gasteiger partial charge in [-0.15, -0.1) is 0 Å². The van der Waals surface area contributed by atoms with Gasteiger partial charge >= 0.3 is 0 Å². The second-order valence-electron chi connectivity index (χ2n) is 6.80. The van der Waals surface area contributed by atoms with Crippen LogP contribution in [-0.4, -0.2) is 56.8 Å². The molecule has 0 aromatic heterocycles. The van der Waals surface area contributed by atoms with E-state index in [4.69, 9.17) is 4.74 Å². The molecule has 146 valence electrons. The van der Waals surface area contributed by atoms with E-state index in [1.807, 2.05) is 26.0 Å². The Bertz CT molecular complexity index is 573. The minimum atomic E-state index is -0.166. The van der Waals surface area contributed by atoms with Gasteiger partial charge in [-0.3, -0.25) is 9.89 Å². The Labute approximate surface area is 157 Å². The number of unbranched alkanes of at least 4 members (excludes halogenated alkanes) is 1. The van der Waals surface area contributed by atoms with Crippen LogP contribution in [0.15, 0.2) is 23.2 Å². The van der Waals surface area contributed by atoms with E-state index in [2.05, 4.69) is 20.5 Å². The maximum atomic E-state index is 13.8. The molecule has 0 spiro atoms. The quantitative estimate of drug-likeness (QED) is 0.423. The molecule has 2 N–H and O–H groups in total. The second kappa shape index (κ2) is 11.1. The highest BCUT2D eigenvalue weighted by atomic mass is 19.1.